The molecule has 3 atom stereocenters. The van der Waals surface area contributed by atoms with E-state index in [1.807, 2.05) is 38.4 Å². The first-order valence-electron chi connectivity index (χ1n) is 8.13. The van der Waals surface area contributed by atoms with Gasteiger partial charge in [-0.3, -0.25) is 4.79 Å². The van der Waals surface area contributed by atoms with Gasteiger partial charge in [0.1, 0.15) is 0 Å². The Balaban J connectivity index is 1.55. The number of carbonyl (C=O) groups is 1. The van der Waals surface area contributed by atoms with Crippen LogP contribution in [0.1, 0.15) is 38.2 Å². The zero-order chi connectivity index (χ0) is 15.7. The van der Waals surface area contributed by atoms with Gasteiger partial charge in [-0.25, -0.2) is 5.43 Å². The summed E-state index contributed by atoms with van der Waals surface area (Å²) >= 11 is 0. The normalized spacial score (nSPS) is 30.0. The minimum Gasteiger partial charge on any atom is -0.378 e. The molecule has 2 saturated carbocycles. The van der Waals surface area contributed by atoms with Gasteiger partial charge in [-0.15, -0.1) is 0 Å². The fourth-order valence-electron chi connectivity index (χ4n) is 3.95. The summed E-state index contributed by atoms with van der Waals surface area (Å²) in [5, 5.41) is 4.13. The van der Waals surface area contributed by atoms with E-state index in [1.54, 1.807) is 6.21 Å². The predicted molar refractivity (Wildman–Crippen MR) is 90.1 cm³/mol. The van der Waals surface area contributed by atoms with Crippen LogP contribution in [0.2, 0.25) is 0 Å². The number of fused-ring (bicyclic) bond motifs is 1. The summed E-state index contributed by atoms with van der Waals surface area (Å²) in [4.78, 5) is 14.3. The summed E-state index contributed by atoms with van der Waals surface area (Å²) in [5.41, 5.74) is 5.11. The van der Waals surface area contributed by atoms with E-state index >= 15 is 0 Å². The molecule has 118 valence electrons. The van der Waals surface area contributed by atoms with Crippen molar-refractivity contribution in [2.45, 2.75) is 32.6 Å². The van der Waals surface area contributed by atoms with Gasteiger partial charge in [0.05, 0.1) is 6.21 Å². The molecule has 2 aliphatic carbocycles. The maximum atomic E-state index is 12.3. The predicted octanol–water partition coefficient (Wildman–Crippen LogP) is 3.03. The Morgan fingerprint density at radius 1 is 1.32 bits per heavy atom. The van der Waals surface area contributed by atoms with E-state index in [1.165, 1.54) is 25.7 Å². The van der Waals surface area contributed by atoms with Crippen molar-refractivity contribution in [2.24, 2.45) is 22.4 Å². The summed E-state index contributed by atoms with van der Waals surface area (Å²) in [6.45, 7) is 2.25. The lowest BCUT2D eigenvalue weighted by molar-refractivity contribution is -0.123. The van der Waals surface area contributed by atoms with Crippen LogP contribution in [0, 0.1) is 17.3 Å². The number of benzene rings is 1. The minimum atomic E-state index is 0.0931. The van der Waals surface area contributed by atoms with E-state index in [-0.39, 0.29) is 17.2 Å². The first-order chi connectivity index (χ1) is 10.5. The summed E-state index contributed by atoms with van der Waals surface area (Å²) < 4.78 is 0. The summed E-state index contributed by atoms with van der Waals surface area (Å²) in [6.07, 6.45) is 6.63. The molecule has 0 spiro atoms. The number of amides is 1. The van der Waals surface area contributed by atoms with Crippen LogP contribution in [0.3, 0.4) is 0 Å². The molecule has 0 aliphatic heterocycles. The number of hydrogen-bond donors (Lipinski definition) is 1. The third-order valence-electron chi connectivity index (χ3n) is 5.41. The second-order valence-corrected chi connectivity index (χ2v) is 7.06. The van der Waals surface area contributed by atoms with Gasteiger partial charge in [0.15, 0.2) is 0 Å². The zero-order valence-corrected chi connectivity index (χ0v) is 13.7. The molecule has 0 bridgehead atoms. The van der Waals surface area contributed by atoms with Crippen LogP contribution in [0.15, 0.2) is 29.4 Å². The number of rotatable bonds is 4. The minimum absolute atomic E-state index is 0.0931. The first kappa shape index (κ1) is 15.1. The molecule has 1 N–H and O–H groups in total. The lowest BCUT2D eigenvalue weighted by atomic mass is 9.90. The Morgan fingerprint density at radius 2 is 2.05 bits per heavy atom. The fraction of sp³-hybridized carbons (Fsp3) is 0.556. The highest BCUT2D eigenvalue weighted by atomic mass is 16.2. The van der Waals surface area contributed by atoms with Crippen molar-refractivity contribution < 1.29 is 4.79 Å². The second-order valence-electron chi connectivity index (χ2n) is 7.06. The van der Waals surface area contributed by atoms with Gasteiger partial charge in [0, 0.05) is 25.7 Å². The van der Waals surface area contributed by atoms with Crippen molar-refractivity contribution in [2.75, 3.05) is 19.0 Å². The molecule has 22 heavy (non-hydrogen) atoms. The summed E-state index contributed by atoms with van der Waals surface area (Å²) in [6, 6.07) is 8.09. The third kappa shape index (κ3) is 2.74. The molecular weight excluding hydrogens is 274 g/mol. The standard InChI is InChI=1S/C18H25N3O/c1-18-11-5-4-6-15(18)16(18)17(22)20-19-12-13-7-9-14(10-8-13)21(2)3/h7-10,12,15-16H,4-6,11H2,1-3H3,(H,20,22)/b19-12-/t15-,16+,18+/m0/s1. The molecule has 3 rings (SSSR count). The van der Waals surface area contributed by atoms with E-state index in [9.17, 15) is 4.79 Å². The number of hydrazone groups is 1. The van der Waals surface area contributed by atoms with E-state index in [4.69, 9.17) is 0 Å². The van der Waals surface area contributed by atoms with E-state index in [0.717, 1.165) is 11.3 Å². The maximum Gasteiger partial charge on any atom is 0.244 e. The third-order valence-corrected chi connectivity index (χ3v) is 5.41. The van der Waals surface area contributed by atoms with E-state index in [2.05, 4.69) is 22.4 Å². The molecule has 0 unspecified atom stereocenters. The average molecular weight is 299 g/mol. The molecule has 2 fully saturated rings. The van der Waals surface area contributed by atoms with Crippen LogP contribution < -0.4 is 10.3 Å². The lowest BCUT2D eigenvalue weighted by Crippen LogP contribution is -2.22. The number of nitrogens with zero attached hydrogens (tertiary/aromatic N) is 2. The van der Waals surface area contributed by atoms with Gasteiger partial charge < -0.3 is 4.90 Å². The van der Waals surface area contributed by atoms with Gasteiger partial charge in [-0.2, -0.15) is 5.10 Å². The highest BCUT2D eigenvalue weighted by Crippen LogP contribution is 2.66. The van der Waals surface area contributed by atoms with Crippen LogP contribution in [0.4, 0.5) is 5.69 Å². The molecular formula is C18H25N3O. The molecule has 4 nitrogen and oxygen atoms in total. The Morgan fingerprint density at radius 3 is 2.64 bits per heavy atom. The lowest BCUT2D eigenvalue weighted by Gasteiger charge is -2.15. The van der Waals surface area contributed by atoms with Crippen LogP contribution in [0.5, 0.6) is 0 Å². The smallest absolute Gasteiger partial charge is 0.244 e. The SMILES string of the molecule is CN(C)c1ccc(/C=N\NC(=O)[C@H]2[C@@H]3CCCC[C@]32C)cc1. The summed E-state index contributed by atoms with van der Waals surface area (Å²) in [7, 11) is 4.03. The second kappa shape index (κ2) is 5.75. The van der Waals surface area contributed by atoms with Crippen LogP contribution in [-0.4, -0.2) is 26.2 Å². The highest BCUT2D eigenvalue weighted by Gasteiger charge is 2.64. The Hall–Kier alpha value is -1.84. The molecule has 0 aromatic heterocycles. The number of nitrogens with one attached hydrogen (secondary N) is 1. The Labute approximate surface area is 132 Å². The maximum absolute atomic E-state index is 12.3. The quantitative estimate of drug-likeness (QED) is 0.686. The number of anilines is 1. The van der Waals surface area contributed by atoms with E-state index < -0.39 is 0 Å². The van der Waals surface area contributed by atoms with Crippen LogP contribution in [-0.2, 0) is 4.79 Å². The van der Waals surface area contributed by atoms with Gasteiger partial charge in [0.25, 0.3) is 0 Å². The van der Waals surface area contributed by atoms with Crippen molar-refractivity contribution in [1.29, 1.82) is 0 Å². The van der Waals surface area contributed by atoms with Crippen molar-refractivity contribution in [1.82, 2.24) is 5.43 Å². The molecule has 1 amide bonds. The van der Waals surface area contributed by atoms with Gasteiger partial charge in [0.2, 0.25) is 5.91 Å². The Kier molecular flexibility index (Phi) is 3.94. The van der Waals surface area contributed by atoms with Crippen molar-refractivity contribution in [3.05, 3.63) is 29.8 Å². The van der Waals surface area contributed by atoms with Crippen molar-refractivity contribution in [3.8, 4) is 0 Å². The molecule has 1 aromatic carbocycles. The van der Waals surface area contributed by atoms with Gasteiger partial charge in [-0.05, 0) is 41.9 Å². The first-order valence-corrected chi connectivity index (χ1v) is 8.13. The number of hydrogen-bond acceptors (Lipinski definition) is 3. The molecule has 2 aliphatic rings. The van der Waals surface area contributed by atoms with Gasteiger partial charge in [-0.1, -0.05) is 31.9 Å². The van der Waals surface area contributed by atoms with E-state index in [0.29, 0.717) is 5.92 Å². The van der Waals surface area contributed by atoms with Crippen LogP contribution >= 0.6 is 0 Å². The van der Waals surface area contributed by atoms with Crippen molar-refractivity contribution in [3.63, 3.8) is 0 Å². The van der Waals surface area contributed by atoms with Crippen LogP contribution in [0.25, 0.3) is 0 Å². The molecule has 1 aromatic rings. The fourth-order valence-corrected chi connectivity index (χ4v) is 3.95. The van der Waals surface area contributed by atoms with Gasteiger partial charge >= 0.3 is 0 Å². The molecule has 4 heteroatoms. The average Bonchev–Trinajstić information content (AvgIpc) is 3.13. The largest absolute Gasteiger partial charge is 0.378 e. The monoisotopic (exact) mass is 299 g/mol. The van der Waals surface area contributed by atoms with Crippen molar-refractivity contribution >= 4 is 17.8 Å². The molecule has 0 heterocycles. The zero-order valence-electron chi connectivity index (χ0n) is 13.7. The molecule has 0 radical (unpaired) electrons. The number of carbonyl (C=O) groups excluding carboxylic acids is 1. The summed E-state index contributed by atoms with van der Waals surface area (Å²) in [5.74, 6) is 0.842. The topological polar surface area (TPSA) is 44.7 Å². The highest BCUT2D eigenvalue weighted by molar-refractivity contribution is 5.86. The molecule has 0 saturated heterocycles. The Bertz CT molecular complexity index is 578.